The van der Waals surface area contributed by atoms with Gasteiger partial charge in [0.2, 0.25) is 5.91 Å². The lowest BCUT2D eigenvalue weighted by atomic mass is 10.1. The van der Waals surface area contributed by atoms with Crippen LogP contribution in [0.1, 0.15) is 23.0 Å². The minimum Gasteiger partial charge on any atom is -0.496 e. The summed E-state index contributed by atoms with van der Waals surface area (Å²) in [7, 11) is 1.62. The number of thiazole rings is 1. The molecule has 34 heavy (non-hydrogen) atoms. The first-order valence-electron chi connectivity index (χ1n) is 10.6. The molecule has 0 aliphatic carbocycles. The van der Waals surface area contributed by atoms with Crippen LogP contribution in [0.15, 0.2) is 76.3 Å². The van der Waals surface area contributed by atoms with E-state index in [4.69, 9.17) is 4.74 Å². The van der Waals surface area contributed by atoms with Gasteiger partial charge in [-0.15, -0.1) is 34.4 Å². The topological polar surface area (TPSA) is 80.3 Å². The summed E-state index contributed by atoms with van der Waals surface area (Å²) < 4.78 is 5.41. The van der Waals surface area contributed by atoms with E-state index < -0.39 is 0 Å². The van der Waals surface area contributed by atoms with Crippen LogP contribution in [0.4, 0.5) is 10.8 Å². The second-order valence-electron chi connectivity index (χ2n) is 7.20. The molecule has 1 atom stereocenters. The van der Waals surface area contributed by atoms with Crippen molar-refractivity contribution in [3.05, 3.63) is 76.3 Å². The number of rotatable bonds is 9. The zero-order valence-corrected chi connectivity index (χ0v) is 21.1. The highest BCUT2D eigenvalue weighted by molar-refractivity contribution is 8.00. The zero-order chi connectivity index (χ0) is 23.9. The van der Waals surface area contributed by atoms with Gasteiger partial charge in [-0.1, -0.05) is 31.2 Å². The number of anilines is 2. The molecule has 9 heteroatoms. The maximum Gasteiger partial charge on any atom is 0.265 e. The molecule has 0 radical (unpaired) electrons. The molecule has 0 saturated heterocycles. The Kier molecular flexibility index (Phi) is 7.99. The molecule has 0 aliphatic rings. The van der Waals surface area contributed by atoms with E-state index in [1.807, 2.05) is 72.3 Å². The molecule has 4 aromatic rings. The second kappa shape index (κ2) is 11.3. The molecule has 2 N–H and O–H groups in total. The van der Waals surface area contributed by atoms with Crippen LogP contribution in [0.2, 0.25) is 0 Å². The zero-order valence-electron chi connectivity index (χ0n) is 18.6. The van der Waals surface area contributed by atoms with E-state index >= 15 is 0 Å². The summed E-state index contributed by atoms with van der Waals surface area (Å²) in [5.41, 5.74) is 2.33. The molecule has 2 aromatic carbocycles. The third-order valence-corrected chi connectivity index (χ3v) is 7.88. The van der Waals surface area contributed by atoms with Crippen LogP contribution in [0.25, 0.3) is 11.3 Å². The van der Waals surface area contributed by atoms with Crippen molar-refractivity contribution in [1.82, 2.24) is 4.98 Å². The van der Waals surface area contributed by atoms with Gasteiger partial charge in [-0.3, -0.25) is 9.59 Å². The van der Waals surface area contributed by atoms with Crippen LogP contribution in [0.3, 0.4) is 0 Å². The van der Waals surface area contributed by atoms with Crippen LogP contribution < -0.4 is 15.4 Å². The number of methoxy groups -OCH3 is 1. The minimum atomic E-state index is -0.304. The Morgan fingerprint density at radius 1 is 1.06 bits per heavy atom. The quantitative estimate of drug-likeness (QED) is 0.247. The van der Waals surface area contributed by atoms with Crippen molar-refractivity contribution >= 4 is 57.1 Å². The number of carbonyl (C=O) groups is 2. The predicted octanol–water partition coefficient (Wildman–Crippen LogP) is 6.64. The van der Waals surface area contributed by atoms with Crippen LogP contribution in [0, 0.1) is 0 Å². The van der Waals surface area contributed by atoms with E-state index in [0.29, 0.717) is 22.1 Å². The molecular formula is C25H23N3O3S3. The van der Waals surface area contributed by atoms with Crippen LogP contribution >= 0.6 is 34.4 Å². The Bertz CT molecular complexity index is 1270. The third kappa shape index (κ3) is 5.85. The lowest BCUT2D eigenvalue weighted by Gasteiger charge is -2.14. The number of aromatic nitrogens is 1. The van der Waals surface area contributed by atoms with Gasteiger partial charge in [0.05, 0.1) is 22.9 Å². The SMILES string of the molecule is CCC(Sc1cccc(NC(=O)c2cccs2)c1)C(=O)Nc1nc(-c2ccccc2OC)cs1. The molecule has 0 aliphatic heterocycles. The van der Waals surface area contributed by atoms with Gasteiger partial charge in [0.15, 0.2) is 5.13 Å². The van der Waals surface area contributed by atoms with Crippen LogP contribution in [0.5, 0.6) is 5.75 Å². The van der Waals surface area contributed by atoms with Gasteiger partial charge in [0.25, 0.3) is 5.91 Å². The highest BCUT2D eigenvalue weighted by Crippen LogP contribution is 2.33. The first-order valence-corrected chi connectivity index (χ1v) is 13.2. The smallest absolute Gasteiger partial charge is 0.265 e. The number of carbonyl (C=O) groups excluding carboxylic acids is 2. The fourth-order valence-corrected chi connectivity index (χ4v) is 5.58. The molecular weight excluding hydrogens is 486 g/mol. The molecule has 4 rings (SSSR count). The molecule has 0 spiro atoms. The van der Waals surface area contributed by atoms with E-state index in [1.165, 1.54) is 34.4 Å². The third-order valence-electron chi connectivity index (χ3n) is 4.90. The minimum absolute atomic E-state index is 0.110. The molecule has 0 bridgehead atoms. The van der Waals surface area contributed by atoms with Gasteiger partial charge in [0, 0.05) is 21.5 Å². The Balaban J connectivity index is 1.41. The predicted molar refractivity (Wildman–Crippen MR) is 141 cm³/mol. The number of benzene rings is 2. The first-order chi connectivity index (χ1) is 16.6. The summed E-state index contributed by atoms with van der Waals surface area (Å²) >= 11 is 4.23. The largest absolute Gasteiger partial charge is 0.496 e. The lowest BCUT2D eigenvalue weighted by molar-refractivity contribution is -0.115. The summed E-state index contributed by atoms with van der Waals surface area (Å²) in [5.74, 6) is 0.483. The maximum atomic E-state index is 13.0. The van der Waals surface area contributed by atoms with Gasteiger partial charge in [-0.2, -0.15) is 0 Å². The highest BCUT2D eigenvalue weighted by atomic mass is 32.2. The van der Waals surface area contributed by atoms with E-state index in [-0.39, 0.29) is 17.1 Å². The van der Waals surface area contributed by atoms with Crippen LogP contribution in [-0.4, -0.2) is 29.2 Å². The number of para-hydroxylation sites is 1. The van der Waals surface area contributed by atoms with E-state index in [1.54, 1.807) is 13.2 Å². The Morgan fingerprint density at radius 2 is 1.91 bits per heavy atom. The number of hydrogen-bond donors (Lipinski definition) is 2. The molecule has 2 aromatic heterocycles. The second-order valence-corrected chi connectivity index (χ2v) is 10.3. The summed E-state index contributed by atoms with van der Waals surface area (Å²) in [6.07, 6.45) is 0.646. The fourth-order valence-electron chi connectivity index (χ4n) is 3.23. The van der Waals surface area contributed by atoms with Gasteiger partial charge in [0.1, 0.15) is 5.75 Å². The van der Waals surface area contributed by atoms with Crippen molar-refractivity contribution in [1.29, 1.82) is 0 Å². The summed E-state index contributed by atoms with van der Waals surface area (Å²) in [6, 6.07) is 18.8. The molecule has 0 fully saturated rings. The number of nitrogens with zero attached hydrogens (tertiary/aromatic N) is 1. The van der Waals surface area contributed by atoms with E-state index in [9.17, 15) is 9.59 Å². The molecule has 174 valence electrons. The monoisotopic (exact) mass is 509 g/mol. The average molecular weight is 510 g/mol. The van der Waals surface area contributed by atoms with E-state index in [2.05, 4.69) is 15.6 Å². The Hall–Kier alpha value is -3.14. The van der Waals surface area contributed by atoms with Gasteiger partial charge >= 0.3 is 0 Å². The number of thiophene rings is 1. The number of thioether (sulfide) groups is 1. The highest BCUT2D eigenvalue weighted by Gasteiger charge is 2.20. The normalized spacial score (nSPS) is 11.6. The standard InChI is InChI=1S/C25H23N3O3S3/c1-3-21(34-17-9-6-8-16(14-17)26-24(30)22-12-7-13-32-22)23(29)28-25-27-19(15-33-25)18-10-4-5-11-20(18)31-2/h4-15,21H,3H2,1-2H3,(H,26,30)(H,27,28,29). The van der Waals surface area contributed by atoms with Crippen molar-refractivity contribution < 1.29 is 14.3 Å². The number of hydrogen-bond acceptors (Lipinski definition) is 7. The van der Waals surface area contributed by atoms with Crippen molar-refractivity contribution in [3.8, 4) is 17.0 Å². The van der Waals surface area contributed by atoms with Crippen molar-refractivity contribution in [2.45, 2.75) is 23.5 Å². The fraction of sp³-hybridized carbons (Fsp3) is 0.160. The molecule has 2 amide bonds. The summed E-state index contributed by atoms with van der Waals surface area (Å²) in [6.45, 7) is 1.97. The number of ether oxygens (including phenoxy) is 1. The van der Waals surface area contributed by atoms with Crippen molar-refractivity contribution in [2.75, 3.05) is 17.7 Å². The number of amides is 2. The van der Waals surface area contributed by atoms with Crippen LogP contribution in [-0.2, 0) is 4.79 Å². The molecule has 1 unspecified atom stereocenters. The number of nitrogens with one attached hydrogen (secondary N) is 2. The summed E-state index contributed by atoms with van der Waals surface area (Å²) in [4.78, 5) is 31.4. The van der Waals surface area contributed by atoms with E-state index in [0.717, 1.165) is 21.9 Å². The summed E-state index contributed by atoms with van der Waals surface area (Å²) in [5, 5.41) is 9.87. The molecule has 6 nitrogen and oxygen atoms in total. The van der Waals surface area contributed by atoms with Crippen molar-refractivity contribution in [2.24, 2.45) is 0 Å². The molecule has 0 saturated carbocycles. The molecule has 2 heterocycles. The Morgan fingerprint density at radius 3 is 2.68 bits per heavy atom. The average Bonchev–Trinajstić information content (AvgIpc) is 3.55. The van der Waals surface area contributed by atoms with Crippen molar-refractivity contribution in [3.63, 3.8) is 0 Å². The van der Waals surface area contributed by atoms with Gasteiger partial charge in [-0.05, 0) is 48.2 Å². The first kappa shape index (κ1) is 24.0. The lowest BCUT2D eigenvalue weighted by Crippen LogP contribution is -2.24. The van der Waals surface area contributed by atoms with Gasteiger partial charge < -0.3 is 15.4 Å². The van der Waals surface area contributed by atoms with Gasteiger partial charge in [-0.25, -0.2) is 4.98 Å². The maximum absolute atomic E-state index is 13.0. The Labute approximate surface area is 210 Å².